The summed E-state index contributed by atoms with van der Waals surface area (Å²) in [6.45, 7) is 5.04. The number of carbonyl (C=O) groups is 1. The highest BCUT2D eigenvalue weighted by molar-refractivity contribution is 5.82. The van der Waals surface area contributed by atoms with Gasteiger partial charge in [-0.1, -0.05) is 6.07 Å². The molecule has 0 bridgehead atoms. The molecule has 0 amide bonds. The van der Waals surface area contributed by atoms with Crippen LogP contribution in [0.5, 0.6) is 0 Å². The molecular formula is C16H19FN2O2. The van der Waals surface area contributed by atoms with Gasteiger partial charge in [-0.15, -0.1) is 0 Å². The van der Waals surface area contributed by atoms with E-state index >= 15 is 0 Å². The third kappa shape index (κ3) is 3.76. The number of nitrogens with zero attached hydrogens (tertiary/aromatic N) is 2. The third-order valence-electron chi connectivity index (χ3n) is 3.52. The van der Waals surface area contributed by atoms with E-state index in [1.807, 2.05) is 13.8 Å². The van der Waals surface area contributed by atoms with Crippen molar-refractivity contribution in [3.63, 3.8) is 0 Å². The topological polar surface area (TPSA) is 53.4 Å². The van der Waals surface area contributed by atoms with Gasteiger partial charge < -0.3 is 5.11 Å². The van der Waals surface area contributed by atoms with Gasteiger partial charge in [0.2, 0.25) is 0 Å². The Morgan fingerprint density at radius 1 is 1.38 bits per heavy atom. The second-order valence-electron chi connectivity index (χ2n) is 5.31. The zero-order valence-electron chi connectivity index (χ0n) is 12.2. The van der Waals surface area contributed by atoms with Crippen molar-refractivity contribution < 1.29 is 14.3 Å². The first-order chi connectivity index (χ1) is 9.99. The average molecular weight is 290 g/mol. The van der Waals surface area contributed by atoms with E-state index in [9.17, 15) is 9.18 Å². The lowest BCUT2D eigenvalue weighted by atomic mass is 10.1. The van der Waals surface area contributed by atoms with Crippen LogP contribution in [0.15, 0.2) is 30.5 Å². The van der Waals surface area contributed by atoms with E-state index in [4.69, 9.17) is 5.11 Å². The van der Waals surface area contributed by atoms with Crippen LogP contribution in [0.2, 0.25) is 0 Å². The number of carboxylic acid groups (broad SMARTS) is 1. The fourth-order valence-electron chi connectivity index (χ4n) is 2.30. The summed E-state index contributed by atoms with van der Waals surface area (Å²) >= 11 is 0. The maximum absolute atomic E-state index is 13.8. The number of aliphatic carboxylic acids is 1. The maximum atomic E-state index is 13.8. The van der Waals surface area contributed by atoms with Crippen LogP contribution in [0, 0.1) is 5.82 Å². The van der Waals surface area contributed by atoms with Crippen molar-refractivity contribution in [1.29, 1.82) is 0 Å². The molecule has 1 heterocycles. The van der Waals surface area contributed by atoms with Gasteiger partial charge in [0.25, 0.3) is 0 Å². The molecular weight excluding hydrogens is 271 g/mol. The Morgan fingerprint density at radius 3 is 2.81 bits per heavy atom. The smallest absolute Gasteiger partial charge is 0.304 e. The van der Waals surface area contributed by atoms with Crippen LogP contribution >= 0.6 is 0 Å². The van der Waals surface area contributed by atoms with Crippen molar-refractivity contribution in [2.75, 3.05) is 6.54 Å². The van der Waals surface area contributed by atoms with Crippen LogP contribution in [-0.4, -0.2) is 33.5 Å². The van der Waals surface area contributed by atoms with Crippen molar-refractivity contribution in [3.8, 4) is 0 Å². The van der Waals surface area contributed by atoms with E-state index < -0.39 is 5.97 Å². The molecule has 0 aliphatic carbocycles. The first-order valence-electron chi connectivity index (χ1n) is 6.97. The number of aromatic nitrogens is 1. The Hall–Kier alpha value is -2.01. The summed E-state index contributed by atoms with van der Waals surface area (Å²) in [6.07, 6.45) is 1.73. The fourth-order valence-corrected chi connectivity index (χ4v) is 2.30. The molecule has 5 heteroatoms. The van der Waals surface area contributed by atoms with Gasteiger partial charge in [-0.05, 0) is 37.6 Å². The molecule has 4 nitrogen and oxygen atoms in total. The number of hydrogen-bond acceptors (Lipinski definition) is 3. The largest absolute Gasteiger partial charge is 0.481 e. The summed E-state index contributed by atoms with van der Waals surface area (Å²) in [4.78, 5) is 17.1. The van der Waals surface area contributed by atoms with Gasteiger partial charge in [-0.2, -0.15) is 0 Å². The predicted octanol–water partition coefficient (Wildman–Crippen LogP) is 3.06. The van der Waals surface area contributed by atoms with Gasteiger partial charge in [0.1, 0.15) is 5.82 Å². The molecule has 0 radical (unpaired) electrons. The summed E-state index contributed by atoms with van der Waals surface area (Å²) in [5, 5.41) is 9.33. The fraction of sp³-hybridized carbons (Fsp3) is 0.375. The highest BCUT2D eigenvalue weighted by Crippen LogP contribution is 2.21. The number of pyridine rings is 1. The zero-order chi connectivity index (χ0) is 15.4. The lowest BCUT2D eigenvalue weighted by molar-refractivity contribution is -0.137. The molecule has 1 aromatic carbocycles. The molecule has 2 aromatic rings. The summed E-state index contributed by atoms with van der Waals surface area (Å²) in [7, 11) is 0. The molecule has 0 saturated carbocycles. The molecule has 0 spiro atoms. The van der Waals surface area contributed by atoms with Gasteiger partial charge in [0.05, 0.1) is 11.9 Å². The maximum Gasteiger partial charge on any atom is 0.304 e. The van der Waals surface area contributed by atoms with Crippen LogP contribution in [0.1, 0.15) is 25.8 Å². The minimum Gasteiger partial charge on any atom is -0.481 e. The van der Waals surface area contributed by atoms with Crippen LogP contribution in [-0.2, 0) is 11.3 Å². The summed E-state index contributed by atoms with van der Waals surface area (Å²) in [5.41, 5.74) is 1.55. The van der Waals surface area contributed by atoms with Gasteiger partial charge in [-0.25, -0.2) is 4.39 Å². The standard InChI is InChI=1S/C16H19FN2O2/c1-11(2)19(9-7-15(20)21)10-12-5-6-14(17)13-4-3-8-18-16(12)13/h3-6,8,11H,7,9-10H2,1-2H3,(H,20,21). The van der Waals surface area contributed by atoms with E-state index in [2.05, 4.69) is 9.88 Å². The van der Waals surface area contributed by atoms with E-state index in [1.165, 1.54) is 6.07 Å². The Balaban J connectivity index is 2.28. The van der Waals surface area contributed by atoms with Gasteiger partial charge in [0.15, 0.2) is 0 Å². The number of fused-ring (bicyclic) bond motifs is 1. The van der Waals surface area contributed by atoms with Crippen LogP contribution in [0.4, 0.5) is 4.39 Å². The number of benzene rings is 1. The monoisotopic (exact) mass is 290 g/mol. The third-order valence-corrected chi connectivity index (χ3v) is 3.52. The van der Waals surface area contributed by atoms with E-state index in [-0.39, 0.29) is 18.3 Å². The Labute approximate surface area is 123 Å². The minimum absolute atomic E-state index is 0.0880. The summed E-state index contributed by atoms with van der Waals surface area (Å²) in [5.74, 6) is -1.11. The second kappa shape index (κ2) is 6.63. The minimum atomic E-state index is -0.817. The highest BCUT2D eigenvalue weighted by Gasteiger charge is 2.15. The Morgan fingerprint density at radius 2 is 2.14 bits per heavy atom. The summed E-state index contributed by atoms with van der Waals surface area (Å²) < 4.78 is 13.8. The molecule has 0 aliphatic heterocycles. The number of halogens is 1. The molecule has 1 N–H and O–H groups in total. The summed E-state index contributed by atoms with van der Waals surface area (Å²) in [6, 6.07) is 6.78. The Kier molecular flexibility index (Phi) is 4.85. The van der Waals surface area contributed by atoms with Crippen molar-refractivity contribution in [2.24, 2.45) is 0 Å². The molecule has 0 unspecified atom stereocenters. The zero-order valence-corrected chi connectivity index (χ0v) is 12.2. The SMILES string of the molecule is CC(C)N(CCC(=O)O)Cc1ccc(F)c2cccnc12. The molecule has 0 atom stereocenters. The normalized spacial score (nSPS) is 11.5. The van der Waals surface area contributed by atoms with Crippen LogP contribution < -0.4 is 0 Å². The molecule has 1 aromatic heterocycles. The quantitative estimate of drug-likeness (QED) is 0.888. The predicted molar refractivity (Wildman–Crippen MR) is 79.5 cm³/mol. The van der Waals surface area contributed by atoms with Crippen molar-refractivity contribution in [2.45, 2.75) is 32.9 Å². The van der Waals surface area contributed by atoms with Gasteiger partial charge >= 0.3 is 5.97 Å². The van der Waals surface area contributed by atoms with Crippen molar-refractivity contribution in [3.05, 3.63) is 41.8 Å². The first-order valence-corrected chi connectivity index (χ1v) is 6.97. The van der Waals surface area contributed by atoms with E-state index in [1.54, 1.807) is 24.4 Å². The van der Waals surface area contributed by atoms with E-state index in [0.717, 1.165) is 5.56 Å². The lowest BCUT2D eigenvalue weighted by Crippen LogP contribution is -2.32. The number of hydrogen-bond donors (Lipinski definition) is 1. The van der Waals surface area contributed by atoms with Crippen LogP contribution in [0.25, 0.3) is 10.9 Å². The van der Waals surface area contributed by atoms with Crippen molar-refractivity contribution >= 4 is 16.9 Å². The molecule has 21 heavy (non-hydrogen) atoms. The number of rotatable bonds is 6. The number of carboxylic acids is 1. The van der Waals surface area contributed by atoms with Gasteiger partial charge in [-0.3, -0.25) is 14.7 Å². The highest BCUT2D eigenvalue weighted by atomic mass is 19.1. The average Bonchev–Trinajstić information content (AvgIpc) is 2.45. The lowest BCUT2D eigenvalue weighted by Gasteiger charge is -2.26. The first kappa shape index (κ1) is 15.4. The van der Waals surface area contributed by atoms with E-state index in [0.29, 0.717) is 24.0 Å². The van der Waals surface area contributed by atoms with Gasteiger partial charge in [0, 0.05) is 30.7 Å². The molecule has 0 aliphatic rings. The molecule has 0 fully saturated rings. The van der Waals surface area contributed by atoms with Crippen molar-refractivity contribution in [1.82, 2.24) is 9.88 Å². The molecule has 112 valence electrons. The molecule has 0 saturated heterocycles. The van der Waals surface area contributed by atoms with Crippen LogP contribution in [0.3, 0.4) is 0 Å². The Bertz CT molecular complexity index is 643. The molecule has 2 rings (SSSR count). The second-order valence-corrected chi connectivity index (χ2v) is 5.31.